The first-order chi connectivity index (χ1) is 17.3. The number of methoxy groups -OCH3 is 1. The van der Waals surface area contributed by atoms with Gasteiger partial charge in [0.2, 0.25) is 11.9 Å². The lowest BCUT2D eigenvalue weighted by molar-refractivity contribution is -0.118. The lowest BCUT2D eigenvalue weighted by Crippen LogP contribution is -2.57. The third-order valence-electron chi connectivity index (χ3n) is 7.63. The highest BCUT2D eigenvalue weighted by molar-refractivity contribution is 5.97. The SMILES string of the molecule is COc1cc(C(=O)NC2CN3CCC2CC3)ccc1Nc1ncc2c(n1)N(C(C)C)CCC(=O)N2C. The van der Waals surface area contributed by atoms with E-state index < -0.39 is 0 Å². The van der Waals surface area contributed by atoms with Gasteiger partial charge in [-0.1, -0.05) is 0 Å². The molecule has 3 fully saturated rings. The zero-order valence-electron chi connectivity index (χ0n) is 21.5. The Hall–Kier alpha value is -3.40. The Labute approximate surface area is 212 Å². The van der Waals surface area contributed by atoms with Crippen LogP contribution in [0.2, 0.25) is 0 Å². The van der Waals surface area contributed by atoms with Gasteiger partial charge in [-0.25, -0.2) is 4.98 Å². The van der Waals surface area contributed by atoms with E-state index in [-0.39, 0.29) is 23.9 Å². The van der Waals surface area contributed by atoms with Gasteiger partial charge in [0, 0.05) is 44.2 Å². The molecule has 2 N–H and O–H groups in total. The molecule has 36 heavy (non-hydrogen) atoms. The number of amides is 2. The summed E-state index contributed by atoms with van der Waals surface area (Å²) in [6.45, 7) is 7.96. The number of piperidine rings is 3. The molecular formula is C26H35N7O3. The lowest BCUT2D eigenvalue weighted by atomic mass is 9.84. The van der Waals surface area contributed by atoms with E-state index in [1.807, 2.05) is 6.07 Å². The maximum Gasteiger partial charge on any atom is 0.251 e. The lowest BCUT2D eigenvalue weighted by Gasteiger charge is -2.44. The van der Waals surface area contributed by atoms with Gasteiger partial charge in [0.25, 0.3) is 5.91 Å². The Morgan fingerprint density at radius 1 is 1.19 bits per heavy atom. The van der Waals surface area contributed by atoms with Crippen molar-refractivity contribution < 1.29 is 14.3 Å². The molecule has 4 aliphatic heterocycles. The van der Waals surface area contributed by atoms with Gasteiger partial charge in [-0.05, 0) is 63.9 Å². The van der Waals surface area contributed by atoms with Crippen molar-refractivity contribution in [3.05, 3.63) is 30.0 Å². The average molecular weight is 494 g/mol. The van der Waals surface area contributed by atoms with Crippen LogP contribution in [0.4, 0.5) is 23.1 Å². The molecule has 4 aliphatic rings. The van der Waals surface area contributed by atoms with Gasteiger partial charge in [0.05, 0.1) is 19.0 Å². The quantitative estimate of drug-likeness (QED) is 0.633. The van der Waals surface area contributed by atoms with Gasteiger partial charge in [-0.2, -0.15) is 4.98 Å². The predicted octanol–water partition coefficient (Wildman–Crippen LogP) is 2.63. The Bertz CT molecular complexity index is 1150. The summed E-state index contributed by atoms with van der Waals surface area (Å²) in [6, 6.07) is 5.72. The molecule has 0 saturated carbocycles. The van der Waals surface area contributed by atoms with Gasteiger partial charge in [0.1, 0.15) is 11.4 Å². The van der Waals surface area contributed by atoms with Crippen molar-refractivity contribution in [3.8, 4) is 5.75 Å². The monoisotopic (exact) mass is 493 g/mol. The molecule has 0 spiro atoms. The van der Waals surface area contributed by atoms with Crippen molar-refractivity contribution in [2.24, 2.45) is 5.92 Å². The number of anilines is 4. The van der Waals surface area contributed by atoms with Crippen molar-refractivity contribution >= 4 is 35.0 Å². The van der Waals surface area contributed by atoms with Gasteiger partial charge >= 0.3 is 0 Å². The molecule has 2 amide bonds. The number of nitrogens with one attached hydrogen (secondary N) is 2. The van der Waals surface area contributed by atoms with Crippen LogP contribution < -0.4 is 25.2 Å². The van der Waals surface area contributed by atoms with Crippen LogP contribution in [-0.4, -0.2) is 79.1 Å². The second kappa shape index (κ2) is 9.93. The van der Waals surface area contributed by atoms with Crippen molar-refractivity contribution in [1.29, 1.82) is 0 Å². The molecular weight excluding hydrogens is 458 g/mol. The van der Waals surface area contributed by atoms with E-state index in [0.29, 0.717) is 53.3 Å². The standard InChI is InChI=1S/C26H35N7O3/c1-16(2)33-12-9-23(34)31(3)21-14-27-26(30-24(21)33)29-19-6-5-18(13-22(19)36-4)25(35)28-20-15-32-10-7-17(20)8-11-32/h5-6,13-14,16-17,20H,7-12,15H2,1-4H3,(H,28,35)(H,27,29,30). The number of ether oxygens (including phenoxy) is 1. The van der Waals surface area contributed by atoms with E-state index in [0.717, 1.165) is 32.5 Å². The Balaban J connectivity index is 1.35. The number of nitrogens with zero attached hydrogens (tertiary/aromatic N) is 5. The first-order valence-corrected chi connectivity index (χ1v) is 12.7. The first kappa shape index (κ1) is 24.3. The third-order valence-corrected chi connectivity index (χ3v) is 7.63. The fourth-order valence-corrected chi connectivity index (χ4v) is 5.44. The highest BCUT2D eigenvalue weighted by atomic mass is 16.5. The number of hydrogen-bond acceptors (Lipinski definition) is 8. The fraction of sp³-hybridized carbons (Fsp3) is 0.538. The van der Waals surface area contributed by atoms with Gasteiger partial charge in [-0.15, -0.1) is 0 Å². The summed E-state index contributed by atoms with van der Waals surface area (Å²) in [5.74, 6) is 2.15. The molecule has 0 radical (unpaired) electrons. The molecule has 2 aromatic rings. The molecule has 10 nitrogen and oxygen atoms in total. The van der Waals surface area contributed by atoms with Crippen molar-refractivity contribution in [3.63, 3.8) is 0 Å². The maximum absolute atomic E-state index is 13.0. The van der Waals surface area contributed by atoms with E-state index in [9.17, 15) is 9.59 Å². The Morgan fingerprint density at radius 3 is 2.64 bits per heavy atom. The summed E-state index contributed by atoms with van der Waals surface area (Å²) in [5, 5.41) is 6.46. The van der Waals surface area contributed by atoms with Gasteiger partial charge < -0.3 is 30.1 Å². The summed E-state index contributed by atoms with van der Waals surface area (Å²) in [6.07, 6.45) is 4.39. The molecule has 1 atom stereocenters. The molecule has 2 bridgehead atoms. The zero-order valence-corrected chi connectivity index (χ0v) is 21.5. The summed E-state index contributed by atoms with van der Waals surface area (Å²) < 4.78 is 5.60. The summed E-state index contributed by atoms with van der Waals surface area (Å²) >= 11 is 0. The molecule has 6 rings (SSSR count). The maximum atomic E-state index is 13.0. The van der Waals surface area contributed by atoms with Crippen molar-refractivity contribution in [1.82, 2.24) is 20.2 Å². The van der Waals surface area contributed by atoms with Gasteiger partial charge in [0.15, 0.2) is 5.82 Å². The average Bonchev–Trinajstić information content (AvgIpc) is 3.01. The van der Waals surface area contributed by atoms with Crippen LogP contribution in [0.1, 0.15) is 43.5 Å². The minimum atomic E-state index is -0.0832. The van der Waals surface area contributed by atoms with Crippen LogP contribution in [0.3, 0.4) is 0 Å². The van der Waals surface area contributed by atoms with E-state index in [2.05, 4.69) is 39.3 Å². The topological polar surface area (TPSA) is 103 Å². The second-order valence-electron chi connectivity index (χ2n) is 10.2. The van der Waals surface area contributed by atoms with Crippen molar-refractivity contribution in [2.45, 2.75) is 45.2 Å². The number of hydrogen-bond donors (Lipinski definition) is 2. The van der Waals surface area contributed by atoms with Crippen LogP contribution in [0, 0.1) is 5.92 Å². The first-order valence-electron chi connectivity index (χ1n) is 12.7. The highest BCUT2D eigenvalue weighted by Gasteiger charge is 2.35. The highest BCUT2D eigenvalue weighted by Crippen LogP contribution is 2.34. The number of fused-ring (bicyclic) bond motifs is 4. The number of rotatable bonds is 6. The summed E-state index contributed by atoms with van der Waals surface area (Å²) in [5.41, 5.74) is 1.90. The third kappa shape index (κ3) is 4.69. The Kier molecular flexibility index (Phi) is 6.70. The fourth-order valence-electron chi connectivity index (χ4n) is 5.44. The largest absolute Gasteiger partial charge is 0.495 e. The van der Waals surface area contributed by atoms with Crippen molar-refractivity contribution in [2.75, 3.05) is 55.5 Å². The molecule has 192 valence electrons. The van der Waals surface area contributed by atoms with Crippen LogP contribution >= 0.6 is 0 Å². The zero-order chi connectivity index (χ0) is 25.4. The second-order valence-corrected chi connectivity index (χ2v) is 10.2. The Morgan fingerprint density at radius 2 is 1.97 bits per heavy atom. The minimum absolute atomic E-state index is 0.0393. The molecule has 1 aromatic carbocycles. The minimum Gasteiger partial charge on any atom is -0.495 e. The molecule has 0 aliphatic carbocycles. The molecule has 10 heteroatoms. The van der Waals surface area contributed by atoms with Gasteiger partial charge in [-0.3, -0.25) is 9.59 Å². The van der Waals surface area contributed by atoms with E-state index in [1.165, 1.54) is 0 Å². The van der Waals surface area contributed by atoms with E-state index >= 15 is 0 Å². The smallest absolute Gasteiger partial charge is 0.251 e. The summed E-state index contributed by atoms with van der Waals surface area (Å²) in [4.78, 5) is 40.8. The summed E-state index contributed by atoms with van der Waals surface area (Å²) in [7, 11) is 3.33. The number of carbonyl (C=O) groups is 2. The van der Waals surface area contributed by atoms with Crippen LogP contribution in [0.25, 0.3) is 0 Å². The molecule has 3 saturated heterocycles. The van der Waals surface area contributed by atoms with Crippen LogP contribution in [0.15, 0.2) is 24.4 Å². The molecule has 1 aromatic heterocycles. The molecule has 5 heterocycles. The predicted molar refractivity (Wildman–Crippen MR) is 139 cm³/mol. The number of carbonyl (C=O) groups excluding carboxylic acids is 2. The number of benzene rings is 1. The number of aromatic nitrogens is 2. The van der Waals surface area contributed by atoms with Crippen LogP contribution in [0.5, 0.6) is 5.75 Å². The normalized spacial score (nSPS) is 23.4. The molecule has 1 unspecified atom stereocenters. The van der Waals surface area contributed by atoms with E-state index in [1.54, 1.807) is 37.4 Å². The van der Waals surface area contributed by atoms with Crippen LogP contribution in [-0.2, 0) is 4.79 Å². The van der Waals surface area contributed by atoms with E-state index in [4.69, 9.17) is 9.72 Å².